The van der Waals surface area contributed by atoms with Crippen LogP contribution in [0, 0.1) is 5.92 Å². The zero-order valence-electron chi connectivity index (χ0n) is 11.3. The molecule has 1 amide bonds. The van der Waals surface area contributed by atoms with Crippen molar-refractivity contribution in [1.29, 1.82) is 0 Å². The standard InChI is InChI=1S/C14H19NO3S/c1-9(2)12(8-13(16)17)15-14(18)10-4-6-11(19-3)7-5-10/h4-7,9,12H,8H2,1-3H3,(H,15,18)(H,16,17)/t12-/m0/s1. The van der Waals surface area contributed by atoms with Crippen LogP contribution in [0.4, 0.5) is 0 Å². The molecule has 0 radical (unpaired) electrons. The normalized spacial score (nSPS) is 12.2. The van der Waals surface area contributed by atoms with E-state index in [1.165, 1.54) is 0 Å². The molecule has 0 aliphatic rings. The van der Waals surface area contributed by atoms with Crippen LogP contribution in [0.15, 0.2) is 29.2 Å². The molecule has 0 bridgehead atoms. The number of amides is 1. The zero-order chi connectivity index (χ0) is 14.4. The van der Waals surface area contributed by atoms with E-state index in [9.17, 15) is 9.59 Å². The molecule has 0 saturated carbocycles. The van der Waals surface area contributed by atoms with Crippen molar-refractivity contribution >= 4 is 23.6 Å². The number of carboxylic acid groups (broad SMARTS) is 1. The van der Waals surface area contributed by atoms with E-state index in [0.717, 1.165) is 4.90 Å². The monoisotopic (exact) mass is 281 g/mol. The SMILES string of the molecule is CSc1ccc(C(=O)N[C@@H](CC(=O)O)C(C)C)cc1. The maximum Gasteiger partial charge on any atom is 0.305 e. The Kier molecular flexibility index (Phi) is 5.89. The van der Waals surface area contributed by atoms with Gasteiger partial charge in [-0.1, -0.05) is 13.8 Å². The van der Waals surface area contributed by atoms with E-state index in [4.69, 9.17) is 5.11 Å². The molecule has 1 aromatic carbocycles. The van der Waals surface area contributed by atoms with Crippen LogP contribution in [-0.4, -0.2) is 29.3 Å². The van der Waals surface area contributed by atoms with Gasteiger partial charge in [-0.15, -0.1) is 11.8 Å². The molecule has 19 heavy (non-hydrogen) atoms. The Balaban J connectivity index is 2.72. The van der Waals surface area contributed by atoms with Crippen LogP contribution < -0.4 is 5.32 Å². The average molecular weight is 281 g/mol. The highest BCUT2D eigenvalue weighted by molar-refractivity contribution is 7.98. The molecule has 4 nitrogen and oxygen atoms in total. The van der Waals surface area contributed by atoms with E-state index < -0.39 is 5.97 Å². The fourth-order valence-electron chi connectivity index (χ4n) is 1.64. The highest BCUT2D eigenvalue weighted by atomic mass is 32.2. The molecular formula is C14H19NO3S. The molecular weight excluding hydrogens is 262 g/mol. The lowest BCUT2D eigenvalue weighted by atomic mass is 10.0. The highest BCUT2D eigenvalue weighted by Gasteiger charge is 2.19. The summed E-state index contributed by atoms with van der Waals surface area (Å²) in [5, 5.41) is 11.6. The van der Waals surface area contributed by atoms with Gasteiger partial charge < -0.3 is 10.4 Å². The minimum absolute atomic E-state index is 0.0632. The molecule has 0 unspecified atom stereocenters. The van der Waals surface area contributed by atoms with Crippen LogP contribution >= 0.6 is 11.8 Å². The Morgan fingerprint density at radius 2 is 1.84 bits per heavy atom. The molecule has 0 aliphatic carbocycles. The summed E-state index contributed by atoms with van der Waals surface area (Å²) in [6.07, 6.45) is 1.91. The Bertz CT molecular complexity index is 443. The van der Waals surface area contributed by atoms with E-state index in [2.05, 4.69) is 5.32 Å². The first-order valence-electron chi connectivity index (χ1n) is 6.10. The summed E-state index contributed by atoms with van der Waals surface area (Å²) in [7, 11) is 0. The van der Waals surface area contributed by atoms with Crippen molar-refractivity contribution in [3.05, 3.63) is 29.8 Å². The number of aliphatic carboxylic acids is 1. The zero-order valence-corrected chi connectivity index (χ0v) is 12.2. The van der Waals surface area contributed by atoms with E-state index in [1.807, 2.05) is 32.2 Å². The number of carboxylic acids is 1. The lowest BCUT2D eigenvalue weighted by Crippen LogP contribution is -2.40. The number of hydrogen-bond acceptors (Lipinski definition) is 3. The average Bonchev–Trinajstić information content (AvgIpc) is 2.37. The van der Waals surface area contributed by atoms with Gasteiger partial charge in [0, 0.05) is 16.5 Å². The maximum atomic E-state index is 12.0. The second-order valence-electron chi connectivity index (χ2n) is 4.65. The summed E-state index contributed by atoms with van der Waals surface area (Å²) < 4.78 is 0. The first-order chi connectivity index (χ1) is 8.93. The van der Waals surface area contributed by atoms with E-state index in [1.54, 1.807) is 23.9 Å². The maximum absolute atomic E-state index is 12.0. The third-order valence-electron chi connectivity index (χ3n) is 2.87. The van der Waals surface area contributed by atoms with Gasteiger partial charge in [0.05, 0.1) is 6.42 Å². The highest BCUT2D eigenvalue weighted by Crippen LogP contribution is 2.15. The molecule has 0 saturated heterocycles. The number of carbonyl (C=O) groups excluding carboxylic acids is 1. The van der Waals surface area contributed by atoms with E-state index in [0.29, 0.717) is 5.56 Å². The van der Waals surface area contributed by atoms with Gasteiger partial charge in [0.2, 0.25) is 0 Å². The fraction of sp³-hybridized carbons (Fsp3) is 0.429. The van der Waals surface area contributed by atoms with Crippen molar-refractivity contribution in [2.45, 2.75) is 31.2 Å². The van der Waals surface area contributed by atoms with Crippen LogP contribution in [0.1, 0.15) is 30.6 Å². The molecule has 0 heterocycles. The minimum Gasteiger partial charge on any atom is -0.481 e. The Hall–Kier alpha value is -1.49. The smallest absolute Gasteiger partial charge is 0.305 e. The lowest BCUT2D eigenvalue weighted by Gasteiger charge is -2.20. The van der Waals surface area contributed by atoms with Crippen molar-refractivity contribution < 1.29 is 14.7 Å². The van der Waals surface area contributed by atoms with Crippen molar-refractivity contribution in [2.24, 2.45) is 5.92 Å². The Labute approximate surface area is 117 Å². The van der Waals surface area contributed by atoms with Crippen LogP contribution in [0.5, 0.6) is 0 Å². The van der Waals surface area contributed by atoms with Crippen molar-refractivity contribution in [2.75, 3.05) is 6.26 Å². The van der Waals surface area contributed by atoms with Crippen LogP contribution in [0.3, 0.4) is 0 Å². The van der Waals surface area contributed by atoms with Crippen LogP contribution in [0.25, 0.3) is 0 Å². The molecule has 2 N–H and O–H groups in total. The van der Waals surface area contributed by atoms with Gasteiger partial charge in [-0.2, -0.15) is 0 Å². The summed E-state index contributed by atoms with van der Waals surface area (Å²) in [6, 6.07) is 6.89. The third kappa shape index (κ3) is 4.95. The molecule has 0 aliphatic heterocycles. The number of hydrogen-bond donors (Lipinski definition) is 2. The second-order valence-corrected chi connectivity index (χ2v) is 5.53. The number of rotatable bonds is 6. The molecule has 1 atom stereocenters. The van der Waals surface area contributed by atoms with Gasteiger partial charge >= 0.3 is 5.97 Å². The molecule has 5 heteroatoms. The second kappa shape index (κ2) is 7.19. The molecule has 1 aromatic rings. The lowest BCUT2D eigenvalue weighted by molar-refractivity contribution is -0.137. The largest absolute Gasteiger partial charge is 0.481 e. The van der Waals surface area contributed by atoms with Crippen molar-refractivity contribution in [1.82, 2.24) is 5.32 Å². The molecule has 0 aromatic heterocycles. The number of carbonyl (C=O) groups is 2. The predicted molar refractivity (Wildman–Crippen MR) is 76.6 cm³/mol. The minimum atomic E-state index is -0.906. The third-order valence-corrected chi connectivity index (χ3v) is 3.61. The molecule has 104 valence electrons. The topological polar surface area (TPSA) is 66.4 Å². The van der Waals surface area contributed by atoms with Gasteiger partial charge in [0.1, 0.15) is 0 Å². The van der Waals surface area contributed by atoms with Crippen LogP contribution in [0.2, 0.25) is 0 Å². The summed E-state index contributed by atoms with van der Waals surface area (Å²) in [4.78, 5) is 23.9. The number of thioether (sulfide) groups is 1. The first kappa shape index (κ1) is 15.6. The summed E-state index contributed by atoms with van der Waals surface area (Å²) >= 11 is 1.61. The van der Waals surface area contributed by atoms with Crippen molar-refractivity contribution in [3.8, 4) is 0 Å². The van der Waals surface area contributed by atoms with E-state index in [-0.39, 0.29) is 24.3 Å². The number of nitrogens with one attached hydrogen (secondary N) is 1. The van der Waals surface area contributed by atoms with E-state index >= 15 is 0 Å². The molecule has 0 spiro atoms. The Morgan fingerprint density at radius 1 is 1.26 bits per heavy atom. The summed E-state index contributed by atoms with van der Waals surface area (Å²) in [5.74, 6) is -1.06. The van der Waals surface area contributed by atoms with Gasteiger partial charge in [-0.05, 0) is 36.4 Å². The summed E-state index contributed by atoms with van der Waals surface area (Å²) in [5.41, 5.74) is 0.550. The van der Waals surface area contributed by atoms with Gasteiger partial charge in [0.25, 0.3) is 5.91 Å². The van der Waals surface area contributed by atoms with Crippen LogP contribution in [-0.2, 0) is 4.79 Å². The molecule has 1 rings (SSSR count). The fourth-order valence-corrected chi connectivity index (χ4v) is 2.04. The van der Waals surface area contributed by atoms with Gasteiger partial charge in [-0.3, -0.25) is 9.59 Å². The molecule has 0 fully saturated rings. The predicted octanol–water partition coefficient (Wildman–Crippen LogP) is 2.64. The number of benzene rings is 1. The van der Waals surface area contributed by atoms with Crippen molar-refractivity contribution in [3.63, 3.8) is 0 Å². The van der Waals surface area contributed by atoms with Gasteiger partial charge in [0.15, 0.2) is 0 Å². The quantitative estimate of drug-likeness (QED) is 0.787. The first-order valence-corrected chi connectivity index (χ1v) is 7.33. The summed E-state index contributed by atoms with van der Waals surface area (Å²) in [6.45, 7) is 3.79. The van der Waals surface area contributed by atoms with Gasteiger partial charge in [-0.25, -0.2) is 0 Å². The Morgan fingerprint density at radius 3 is 2.26 bits per heavy atom.